The Hall–Kier alpha value is -7.24. The van der Waals surface area contributed by atoms with Crippen molar-refractivity contribution in [2.75, 3.05) is 0 Å². The topological polar surface area (TPSA) is 179 Å². The van der Waals surface area contributed by atoms with E-state index in [1.807, 2.05) is 169 Å². The molecule has 17 nitrogen and oxygen atoms in total. The molecule has 0 aliphatic heterocycles. The number of aryl methyl sites for hydroxylation is 9. The number of rotatable bonds is 8. The number of nitrogens with zero attached hydrogens (tertiary/aromatic N) is 17. The van der Waals surface area contributed by atoms with Crippen LogP contribution < -0.4 is 0 Å². The minimum absolute atomic E-state index is 0. The molecule has 0 bridgehead atoms. The van der Waals surface area contributed by atoms with Crippen LogP contribution in [0.25, 0.3) is 73.9 Å². The van der Waals surface area contributed by atoms with E-state index in [0.29, 0.717) is 5.82 Å². The first-order valence-electron chi connectivity index (χ1n) is 26.2. The van der Waals surface area contributed by atoms with Crippen molar-refractivity contribution in [1.82, 2.24) is 84.7 Å². The smallest absolute Gasteiger partial charge is 0.173 e. The van der Waals surface area contributed by atoms with Gasteiger partial charge in [0.25, 0.3) is 0 Å². The quantitative estimate of drug-likeness (QED) is 0.132. The average molecular weight is 2050 g/mol. The van der Waals surface area contributed by atoms with Crippen LogP contribution in [0, 0.1) is 78.8 Å². The van der Waals surface area contributed by atoms with E-state index in [1.165, 1.54) is 38.2 Å². The summed E-state index contributed by atoms with van der Waals surface area (Å²) in [7, 11) is 3.65. The zero-order valence-electron chi connectivity index (χ0n) is 48.6. The fourth-order valence-electron chi connectivity index (χ4n) is 8.99. The van der Waals surface area contributed by atoms with Gasteiger partial charge in [-0.25, -0.2) is 4.98 Å². The second kappa shape index (κ2) is 35.5. The van der Waals surface area contributed by atoms with E-state index in [0.717, 1.165) is 73.9 Å². The minimum Gasteiger partial charge on any atom is -0.322 e. The molecular formula is C65H58N17Pt5-5. The van der Waals surface area contributed by atoms with E-state index >= 15 is 0 Å². The summed E-state index contributed by atoms with van der Waals surface area (Å²) in [6.45, 7) is 14.6. The molecule has 6 aromatic heterocycles. The van der Waals surface area contributed by atoms with Crippen molar-refractivity contribution in [3.63, 3.8) is 0 Å². The van der Waals surface area contributed by atoms with Crippen LogP contribution in [0.4, 0.5) is 0 Å². The summed E-state index contributed by atoms with van der Waals surface area (Å²) in [5.74, 6) is 3.86. The second-order valence-electron chi connectivity index (χ2n) is 18.9. The molecule has 0 aliphatic rings. The molecule has 0 atom stereocenters. The van der Waals surface area contributed by atoms with Crippen LogP contribution in [0.3, 0.4) is 0 Å². The van der Waals surface area contributed by atoms with E-state index in [-0.39, 0.29) is 105 Å². The molecule has 0 N–H and O–H groups in total. The Bertz CT molecular complexity index is 4000. The van der Waals surface area contributed by atoms with Gasteiger partial charge in [-0.1, -0.05) is 51.9 Å². The molecule has 0 saturated carbocycles. The molecule has 7 aromatic carbocycles. The number of tetrazole rings is 1. The SMILES string of the molecule is Cc1cc(C)c(-n2cnnc2-c2[c-]cccc2)c(C)c1.Cc1cc(C)c(-n2nc(C)nc2-c2[c-]cccc2)c(C)c1.Cn1cc(-c2[c-]cccc2)nn1.Cn1nnnc1-c1[c-]cccc1.[Pt].[Pt].[Pt].[Pt].[Pt].[c-]1ccccc1-c1cnn(-c2ccccn2)n1. The molecule has 0 saturated heterocycles. The summed E-state index contributed by atoms with van der Waals surface area (Å²) >= 11 is 0. The molecule has 0 amide bonds. The fraction of sp³-hybridized carbons (Fsp3) is 0.138. The zero-order chi connectivity index (χ0) is 57.4. The van der Waals surface area contributed by atoms with Gasteiger partial charge in [0.1, 0.15) is 12.2 Å². The van der Waals surface area contributed by atoms with Gasteiger partial charge in [-0.2, -0.15) is 30.6 Å². The Kier molecular flexibility index (Phi) is 29.5. The van der Waals surface area contributed by atoms with Gasteiger partial charge >= 0.3 is 0 Å². The van der Waals surface area contributed by atoms with Gasteiger partial charge in [-0.05, 0) is 88.1 Å². The van der Waals surface area contributed by atoms with Crippen molar-refractivity contribution in [3.8, 4) is 73.9 Å². The Morgan fingerprint density at radius 2 is 0.931 bits per heavy atom. The number of aromatic nitrogens is 17. The first-order chi connectivity index (χ1) is 39.9. The Morgan fingerprint density at radius 3 is 1.39 bits per heavy atom. The standard InChI is InChI=1S/C18H18N3.C17H16N3.C13H9N4.C9H8N3.C8H7N4.5Pt/c1-12-10-13(2)17(14(3)11-12)21-18(19-15(4)20-21)16-8-6-5-7-9-16;1-12-9-13(2)16(14(3)10-12)20-11-18-19-17(20)15-7-5-4-6-8-15;1-2-6-11(7-3-1)12-10-15-17(16-12)13-8-4-5-9-14-13;1-12-7-9(10-11-12)8-5-3-2-4-6-8;1-12-8(9-10-11-12)7-5-3-2-4-6-7;;;;;/h5-8,10-11H,1-4H3;4-7,9-11H,1-3H3;1-6,8-10H;2-5,7H,1H3;2-5H,1H3;;;;;/q5*-1;;;;;. The van der Waals surface area contributed by atoms with Crippen LogP contribution >= 0.6 is 0 Å². The summed E-state index contributed by atoms with van der Waals surface area (Å²) in [6.07, 6.45) is 7.06. The number of benzene rings is 7. The predicted molar refractivity (Wildman–Crippen MR) is 316 cm³/mol. The second-order valence-corrected chi connectivity index (χ2v) is 18.9. The first kappa shape index (κ1) is 72.2. The van der Waals surface area contributed by atoms with Crippen molar-refractivity contribution >= 4 is 0 Å². The third-order valence-electron chi connectivity index (χ3n) is 12.4. The summed E-state index contributed by atoms with van der Waals surface area (Å²) < 4.78 is 7.27. The van der Waals surface area contributed by atoms with Gasteiger partial charge in [0.2, 0.25) is 0 Å². The predicted octanol–water partition coefficient (Wildman–Crippen LogP) is 11.7. The molecule has 6 heterocycles. The maximum Gasteiger partial charge on any atom is 0.173 e. The third kappa shape index (κ3) is 19.4. The molecule has 0 radical (unpaired) electrons. The van der Waals surface area contributed by atoms with Gasteiger partial charge in [-0.3, -0.25) is 19.0 Å². The number of pyridine rings is 1. The minimum atomic E-state index is 0. The maximum absolute atomic E-state index is 4.59. The van der Waals surface area contributed by atoms with Crippen LogP contribution in [0.5, 0.6) is 0 Å². The molecule has 0 fully saturated rings. The van der Waals surface area contributed by atoms with E-state index < -0.39 is 0 Å². The molecule has 458 valence electrons. The van der Waals surface area contributed by atoms with Crippen LogP contribution in [0.1, 0.15) is 39.2 Å². The number of hydrogen-bond donors (Lipinski definition) is 0. The zero-order valence-corrected chi connectivity index (χ0v) is 59.9. The molecule has 0 unspecified atom stereocenters. The summed E-state index contributed by atoms with van der Waals surface area (Å²) in [5, 5.41) is 40.4. The largest absolute Gasteiger partial charge is 0.322 e. The third-order valence-corrected chi connectivity index (χ3v) is 12.4. The first-order valence-corrected chi connectivity index (χ1v) is 26.2. The van der Waals surface area contributed by atoms with Crippen molar-refractivity contribution in [2.24, 2.45) is 14.1 Å². The average Bonchev–Trinajstić information content (AvgIpc) is 2.20. The maximum atomic E-state index is 4.59. The van der Waals surface area contributed by atoms with Gasteiger partial charge in [0.15, 0.2) is 5.82 Å². The van der Waals surface area contributed by atoms with Crippen molar-refractivity contribution in [1.29, 1.82) is 0 Å². The Balaban J connectivity index is 0.000000233. The summed E-state index contributed by atoms with van der Waals surface area (Å²) in [6, 6.07) is 68.7. The molecule has 0 aliphatic carbocycles. The normalized spacial score (nSPS) is 9.90. The van der Waals surface area contributed by atoms with Crippen LogP contribution in [-0.2, 0) is 119 Å². The molecule has 22 heteroatoms. The van der Waals surface area contributed by atoms with Crippen molar-refractivity contribution < 1.29 is 105 Å². The monoisotopic (exact) mass is 2050 g/mol. The molecular weight excluding hydrogens is 1990 g/mol. The van der Waals surface area contributed by atoms with Crippen LogP contribution in [0.2, 0.25) is 0 Å². The number of hydrogen-bond acceptors (Lipinski definition) is 12. The molecule has 13 rings (SSSR count). The van der Waals surface area contributed by atoms with E-state index in [1.54, 1.807) is 35.1 Å². The summed E-state index contributed by atoms with van der Waals surface area (Å²) in [5.41, 5.74) is 16.0. The van der Waals surface area contributed by atoms with E-state index in [2.05, 4.69) is 157 Å². The molecule has 87 heavy (non-hydrogen) atoms. The van der Waals surface area contributed by atoms with Crippen LogP contribution in [-0.4, -0.2) is 84.7 Å². The Labute approximate surface area is 579 Å². The fourth-order valence-corrected chi connectivity index (χ4v) is 8.99. The van der Waals surface area contributed by atoms with Gasteiger partial charge in [-0.15, -0.1) is 189 Å². The van der Waals surface area contributed by atoms with Gasteiger partial charge < -0.3 is 4.57 Å². The molecule has 13 aromatic rings. The van der Waals surface area contributed by atoms with Crippen molar-refractivity contribution in [2.45, 2.75) is 48.5 Å². The summed E-state index contributed by atoms with van der Waals surface area (Å²) in [4.78, 5) is 10.3. The van der Waals surface area contributed by atoms with Gasteiger partial charge in [0, 0.05) is 155 Å². The Morgan fingerprint density at radius 1 is 0.448 bits per heavy atom. The van der Waals surface area contributed by atoms with Crippen LogP contribution in [0.15, 0.2) is 189 Å². The van der Waals surface area contributed by atoms with Crippen molar-refractivity contribution in [3.05, 3.63) is 258 Å². The molecule has 0 spiro atoms. The van der Waals surface area contributed by atoms with E-state index in [9.17, 15) is 0 Å². The van der Waals surface area contributed by atoms with E-state index in [4.69, 9.17) is 0 Å². The van der Waals surface area contributed by atoms with Gasteiger partial charge in [0.05, 0.1) is 23.2 Å².